The van der Waals surface area contributed by atoms with Crippen molar-refractivity contribution in [3.8, 4) is 5.75 Å². The number of aliphatic hydroxyl groups is 1. The maximum atomic E-state index is 13.1. The van der Waals surface area contributed by atoms with E-state index in [1.165, 1.54) is 29.5 Å². The monoisotopic (exact) mass is 511 g/mol. The smallest absolute Gasteiger partial charge is 0.419 e. The molecule has 1 aromatic carbocycles. The van der Waals surface area contributed by atoms with E-state index in [4.69, 9.17) is 14.2 Å². The highest BCUT2D eigenvalue weighted by Gasteiger charge is 2.46. The maximum absolute atomic E-state index is 13.1. The van der Waals surface area contributed by atoms with Crippen LogP contribution in [-0.2, 0) is 15.7 Å². The van der Waals surface area contributed by atoms with Crippen molar-refractivity contribution in [2.24, 2.45) is 11.8 Å². The number of hydrogen-bond acceptors (Lipinski definition) is 7. The van der Waals surface area contributed by atoms with E-state index in [9.17, 15) is 23.1 Å². The number of aromatic nitrogens is 1. The number of esters is 1. The molecule has 0 spiro atoms. The van der Waals surface area contributed by atoms with Gasteiger partial charge in [-0.3, -0.25) is 0 Å². The minimum absolute atomic E-state index is 0.0362. The van der Waals surface area contributed by atoms with Crippen LogP contribution < -0.4 is 4.74 Å². The van der Waals surface area contributed by atoms with E-state index < -0.39 is 23.8 Å². The second kappa shape index (κ2) is 10.7. The van der Waals surface area contributed by atoms with Gasteiger partial charge in [-0.25, -0.2) is 9.78 Å². The molecule has 0 bridgehead atoms. The molecule has 190 valence electrons. The Morgan fingerprint density at radius 3 is 2.83 bits per heavy atom. The van der Waals surface area contributed by atoms with Gasteiger partial charge >= 0.3 is 12.1 Å². The van der Waals surface area contributed by atoms with Crippen LogP contribution in [0.25, 0.3) is 0 Å². The van der Waals surface area contributed by atoms with E-state index >= 15 is 0 Å². The summed E-state index contributed by atoms with van der Waals surface area (Å²) < 4.78 is 56.1. The second-order valence-electron chi connectivity index (χ2n) is 9.04. The average molecular weight is 512 g/mol. The lowest BCUT2D eigenvalue weighted by Gasteiger charge is -2.33. The molecule has 1 aromatic heterocycles. The van der Waals surface area contributed by atoms with Crippen LogP contribution in [0.4, 0.5) is 13.2 Å². The standard InChI is InChI=1S/C25H28F3NO5S/c1-14(2)33-24(31)18-13-35-23(29-18)21-10-9-16-15(19(30)12-22(16)34-21)6-5-11-32-20-8-4-3-7-17(20)25(26,27)28/h3-8,13-16,19,21-22,30H,9-12H2,1-2H3/b6-5+/t15-,16-,19-,21-,22+/m1/s1. The summed E-state index contributed by atoms with van der Waals surface area (Å²) in [5.41, 5.74) is -0.548. The van der Waals surface area contributed by atoms with Gasteiger partial charge in [0.2, 0.25) is 0 Å². The van der Waals surface area contributed by atoms with Gasteiger partial charge in [0, 0.05) is 17.7 Å². The summed E-state index contributed by atoms with van der Waals surface area (Å²) in [4.78, 5) is 16.5. The Hall–Kier alpha value is -2.43. The second-order valence-corrected chi connectivity index (χ2v) is 9.93. The molecular weight excluding hydrogens is 483 g/mol. The molecule has 35 heavy (non-hydrogen) atoms. The fourth-order valence-electron chi connectivity index (χ4n) is 4.69. The van der Waals surface area contributed by atoms with Crippen molar-refractivity contribution in [2.45, 2.75) is 63.7 Å². The molecule has 2 heterocycles. The highest BCUT2D eigenvalue weighted by atomic mass is 32.1. The van der Waals surface area contributed by atoms with Crippen LogP contribution in [0.3, 0.4) is 0 Å². The van der Waals surface area contributed by atoms with Crippen molar-refractivity contribution < 1.29 is 37.3 Å². The molecule has 5 atom stereocenters. The molecule has 2 aliphatic rings. The minimum atomic E-state index is -4.49. The number of carbonyl (C=O) groups is 1. The van der Waals surface area contributed by atoms with Crippen molar-refractivity contribution >= 4 is 17.3 Å². The molecule has 1 saturated heterocycles. The Labute approximate surface area is 205 Å². The molecule has 0 amide bonds. The van der Waals surface area contributed by atoms with Gasteiger partial charge < -0.3 is 19.3 Å². The third kappa shape index (κ3) is 6.05. The first-order valence-corrected chi connectivity index (χ1v) is 12.5. The minimum Gasteiger partial charge on any atom is -0.489 e. The van der Waals surface area contributed by atoms with Crippen LogP contribution in [0, 0.1) is 11.8 Å². The Balaban J connectivity index is 1.33. The van der Waals surface area contributed by atoms with Gasteiger partial charge in [0.05, 0.1) is 23.9 Å². The van der Waals surface area contributed by atoms with Crippen molar-refractivity contribution in [3.63, 3.8) is 0 Å². The van der Waals surface area contributed by atoms with E-state index in [1.54, 1.807) is 25.3 Å². The highest BCUT2D eigenvalue weighted by molar-refractivity contribution is 7.09. The molecule has 6 nitrogen and oxygen atoms in total. The van der Waals surface area contributed by atoms with Crippen LogP contribution >= 0.6 is 11.3 Å². The Kier molecular flexibility index (Phi) is 7.83. The van der Waals surface area contributed by atoms with Gasteiger partial charge in [0.15, 0.2) is 5.69 Å². The largest absolute Gasteiger partial charge is 0.489 e. The molecule has 1 N–H and O–H groups in total. The Morgan fingerprint density at radius 2 is 2.09 bits per heavy atom. The third-order valence-corrected chi connectivity index (χ3v) is 7.16. The zero-order chi connectivity index (χ0) is 25.2. The van der Waals surface area contributed by atoms with E-state index in [1.807, 2.05) is 6.08 Å². The molecule has 1 aliphatic carbocycles. The number of thiazole rings is 1. The molecule has 1 aliphatic heterocycles. The lowest BCUT2D eigenvalue weighted by molar-refractivity contribution is -0.138. The van der Waals surface area contributed by atoms with Crippen molar-refractivity contribution in [2.75, 3.05) is 6.61 Å². The third-order valence-electron chi connectivity index (χ3n) is 6.23. The number of carbonyl (C=O) groups excluding carboxylic acids is 1. The summed E-state index contributed by atoms with van der Waals surface area (Å²) in [5, 5.41) is 13.0. The Morgan fingerprint density at radius 1 is 1.31 bits per heavy atom. The number of alkyl halides is 3. The number of halogens is 3. The van der Waals surface area contributed by atoms with Gasteiger partial charge in [0.1, 0.15) is 23.5 Å². The first-order valence-electron chi connectivity index (χ1n) is 11.6. The summed E-state index contributed by atoms with van der Waals surface area (Å²) >= 11 is 1.35. The van der Waals surface area contributed by atoms with Gasteiger partial charge in [-0.2, -0.15) is 13.2 Å². The predicted molar refractivity (Wildman–Crippen MR) is 123 cm³/mol. The van der Waals surface area contributed by atoms with E-state index in [0.29, 0.717) is 17.8 Å². The van der Waals surface area contributed by atoms with Crippen LogP contribution in [0.15, 0.2) is 41.8 Å². The zero-order valence-corrected chi connectivity index (χ0v) is 20.2. The first kappa shape index (κ1) is 25.7. The average Bonchev–Trinajstić information content (AvgIpc) is 3.40. The number of hydrogen-bond donors (Lipinski definition) is 1. The first-order chi connectivity index (χ1) is 16.6. The molecule has 10 heteroatoms. The summed E-state index contributed by atoms with van der Waals surface area (Å²) in [5.74, 6) is -0.767. The molecule has 0 radical (unpaired) electrons. The number of fused-ring (bicyclic) bond motifs is 1. The quantitative estimate of drug-likeness (QED) is 0.386. The fraction of sp³-hybridized carbons (Fsp3) is 0.520. The predicted octanol–water partition coefficient (Wildman–Crippen LogP) is 5.58. The summed E-state index contributed by atoms with van der Waals surface area (Å²) in [6.07, 6.45) is -0.324. The Bertz CT molecular complexity index is 1050. The summed E-state index contributed by atoms with van der Waals surface area (Å²) in [6.45, 7) is 3.52. The van der Waals surface area contributed by atoms with Crippen LogP contribution in [0.1, 0.15) is 60.3 Å². The van der Waals surface area contributed by atoms with Crippen LogP contribution in [-0.4, -0.2) is 41.0 Å². The topological polar surface area (TPSA) is 77.9 Å². The van der Waals surface area contributed by atoms with E-state index in [0.717, 1.165) is 12.5 Å². The number of rotatable bonds is 7. The van der Waals surface area contributed by atoms with Gasteiger partial charge in [-0.05, 0) is 44.7 Å². The van der Waals surface area contributed by atoms with E-state index in [2.05, 4.69) is 4.98 Å². The number of nitrogens with zero attached hydrogens (tertiary/aromatic N) is 1. The molecule has 1 saturated carbocycles. The molecule has 2 aromatic rings. The number of ether oxygens (including phenoxy) is 3. The lowest BCUT2D eigenvalue weighted by Crippen LogP contribution is -2.30. The number of para-hydroxylation sites is 1. The van der Waals surface area contributed by atoms with Crippen molar-refractivity contribution in [1.82, 2.24) is 4.98 Å². The molecule has 4 rings (SSSR count). The number of benzene rings is 1. The normalized spacial score (nSPS) is 26.8. The fourth-order valence-corrected chi connectivity index (χ4v) is 5.55. The van der Waals surface area contributed by atoms with E-state index in [-0.39, 0.29) is 48.2 Å². The van der Waals surface area contributed by atoms with Crippen molar-refractivity contribution in [3.05, 3.63) is 58.1 Å². The highest BCUT2D eigenvalue weighted by Crippen LogP contribution is 2.46. The van der Waals surface area contributed by atoms with Gasteiger partial charge in [-0.1, -0.05) is 24.3 Å². The van der Waals surface area contributed by atoms with Gasteiger partial charge in [0.25, 0.3) is 0 Å². The number of aliphatic hydroxyl groups excluding tert-OH is 1. The molecule has 2 fully saturated rings. The summed E-state index contributed by atoms with van der Waals surface area (Å²) in [6, 6.07) is 5.09. The molecular formula is C25H28F3NO5S. The maximum Gasteiger partial charge on any atom is 0.419 e. The zero-order valence-electron chi connectivity index (χ0n) is 19.4. The lowest BCUT2D eigenvalue weighted by atomic mass is 9.86. The van der Waals surface area contributed by atoms with Crippen molar-refractivity contribution in [1.29, 1.82) is 0 Å². The van der Waals surface area contributed by atoms with Crippen LogP contribution in [0.5, 0.6) is 5.75 Å². The summed E-state index contributed by atoms with van der Waals surface area (Å²) in [7, 11) is 0. The molecule has 0 unspecified atom stereocenters. The SMILES string of the molecule is CC(C)OC(=O)c1csc([C@H]2CC[C@@H]3[C@@H](/C=C/COc4ccccc4C(F)(F)F)[C@H](O)C[C@@H]3O2)n1. The van der Waals surface area contributed by atoms with Crippen LogP contribution in [0.2, 0.25) is 0 Å². The van der Waals surface area contributed by atoms with Gasteiger partial charge in [-0.15, -0.1) is 11.3 Å².